The largest absolute Gasteiger partial charge is 0.465 e. The molecule has 0 aliphatic rings. The summed E-state index contributed by atoms with van der Waals surface area (Å²) in [6.07, 6.45) is 1.47. The molecule has 0 fully saturated rings. The van der Waals surface area contributed by atoms with Crippen molar-refractivity contribution in [3.8, 4) is 6.07 Å². The first kappa shape index (κ1) is 18.0. The standard InChI is InChI=1S/C20H18N2O3/c1-13-4-9-18(10-14(13)2)22-19(23)17(12-21)11-15-5-7-16(8-6-15)20(24)25-3/h4-11H,1-3H3,(H,22,23). The number of rotatable bonds is 4. The van der Waals surface area contributed by atoms with Gasteiger partial charge in [-0.15, -0.1) is 0 Å². The van der Waals surface area contributed by atoms with E-state index in [0.29, 0.717) is 16.8 Å². The Balaban J connectivity index is 2.18. The monoisotopic (exact) mass is 334 g/mol. The number of nitriles is 1. The average molecular weight is 334 g/mol. The zero-order chi connectivity index (χ0) is 18.4. The van der Waals surface area contributed by atoms with Gasteiger partial charge < -0.3 is 10.1 Å². The zero-order valence-electron chi connectivity index (χ0n) is 14.3. The summed E-state index contributed by atoms with van der Waals surface area (Å²) in [5, 5.41) is 12.0. The Morgan fingerprint density at radius 2 is 1.76 bits per heavy atom. The molecule has 0 spiro atoms. The predicted octanol–water partition coefficient (Wildman–Crippen LogP) is 3.64. The van der Waals surface area contributed by atoms with Gasteiger partial charge in [-0.2, -0.15) is 5.26 Å². The van der Waals surface area contributed by atoms with Crippen LogP contribution in [0.5, 0.6) is 0 Å². The van der Waals surface area contributed by atoms with Gasteiger partial charge in [-0.1, -0.05) is 18.2 Å². The van der Waals surface area contributed by atoms with Gasteiger partial charge in [0.15, 0.2) is 0 Å². The molecule has 25 heavy (non-hydrogen) atoms. The van der Waals surface area contributed by atoms with Crippen LogP contribution in [0.15, 0.2) is 48.0 Å². The van der Waals surface area contributed by atoms with Crippen molar-refractivity contribution in [2.45, 2.75) is 13.8 Å². The predicted molar refractivity (Wildman–Crippen MR) is 95.9 cm³/mol. The summed E-state index contributed by atoms with van der Waals surface area (Å²) in [6.45, 7) is 3.94. The fourth-order valence-corrected chi connectivity index (χ4v) is 2.17. The molecule has 0 aliphatic carbocycles. The molecule has 0 atom stereocenters. The van der Waals surface area contributed by atoms with Gasteiger partial charge >= 0.3 is 5.97 Å². The topological polar surface area (TPSA) is 79.2 Å². The number of aryl methyl sites for hydroxylation is 2. The van der Waals surface area contributed by atoms with Gasteiger partial charge in [-0.25, -0.2) is 4.79 Å². The number of nitrogens with zero attached hydrogens (tertiary/aromatic N) is 1. The first-order valence-electron chi connectivity index (χ1n) is 7.63. The highest BCUT2D eigenvalue weighted by Crippen LogP contribution is 2.16. The number of carbonyl (C=O) groups excluding carboxylic acids is 2. The molecular formula is C20H18N2O3. The molecule has 0 aromatic heterocycles. The highest BCUT2D eigenvalue weighted by atomic mass is 16.5. The Labute approximate surface area is 146 Å². The molecule has 126 valence electrons. The van der Waals surface area contributed by atoms with Crippen LogP contribution in [-0.2, 0) is 9.53 Å². The number of methoxy groups -OCH3 is 1. The fraction of sp³-hybridized carbons (Fsp3) is 0.150. The number of ether oxygens (including phenoxy) is 1. The molecule has 0 unspecified atom stereocenters. The third kappa shape index (κ3) is 4.55. The highest BCUT2D eigenvalue weighted by molar-refractivity contribution is 6.09. The Bertz CT molecular complexity index is 875. The summed E-state index contributed by atoms with van der Waals surface area (Å²) in [4.78, 5) is 23.7. The molecule has 2 aromatic rings. The molecule has 1 amide bonds. The maximum atomic E-state index is 12.3. The lowest BCUT2D eigenvalue weighted by Crippen LogP contribution is -2.13. The molecule has 5 nitrogen and oxygen atoms in total. The molecule has 0 saturated carbocycles. The molecule has 0 saturated heterocycles. The van der Waals surface area contributed by atoms with Crippen LogP contribution in [0.2, 0.25) is 0 Å². The number of amides is 1. The smallest absolute Gasteiger partial charge is 0.337 e. The van der Waals surface area contributed by atoms with E-state index in [2.05, 4.69) is 10.1 Å². The van der Waals surface area contributed by atoms with Crippen LogP contribution >= 0.6 is 0 Å². The maximum absolute atomic E-state index is 12.3. The quantitative estimate of drug-likeness (QED) is 0.526. The van der Waals surface area contributed by atoms with Crippen molar-refractivity contribution in [2.75, 3.05) is 12.4 Å². The van der Waals surface area contributed by atoms with Crippen molar-refractivity contribution < 1.29 is 14.3 Å². The van der Waals surface area contributed by atoms with Crippen LogP contribution in [-0.4, -0.2) is 19.0 Å². The third-order valence-electron chi connectivity index (χ3n) is 3.77. The van der Waals surface area contributed by atoms with E-state index in [1.807, 2.05) is 32.0 Å². The number of esters is 1. The van der Waals surface area contributed by atoms with Crippen molar-refractivity contribution in [3.05, 3.63) is 70.3 Å². The first-order valence-corrected chi connectivity index (χ1v) is 7.63. The second-order valence-electron chi connectivity index (χ2n) is 5.54. The second kappa shape index (κ2) is 7.93. The molecule has 0 aliphatic heterocycles. The average Bonchev–Trinajstić information content (AvgIpc) is 2.62. The number of carbonyl (C=O) groups is 2. The van der Waals surface area contributed by atoms with E-state index in [0.717, 1.165) is 11.1 Å². The fourth-order valence-electron chi connectivity index (χ4n) is 2.17. The minimum Gasteiger partial charge on any atom is -0.465 e. The molecule has 2 rings (SSSR count). The molecule has 0 bridgehead atoms. The molecule has 1 N–H and O–H groups in total. The van der Waals surface area contributed by atoms with E-state index in [1.54, 1.807) is 30.3 Å². The Morgan fingerprint density at radius 3 is 2.32 bits per heavy atom. The van der Waals surface area contributed by atoms with Crippen molar-refractivity contribution in [2.24, 2.45) is 0 Å². The van der Waals surface area contributed by atoms with Crippen LogP contribution in [0.1, 0.15) is 27.0 Å². The molecule has 0 heterocycles. The van der Waals surface area contributed by atoms with Gasteiger partial charge in [0, 0.05) is 5.69 Å². The summed E-state index contributed by atoms with van der Waals surface area (Å²) in [5.41, 5.74) is 3.83. The lowest BCUT2D eigenvalue weighted by Gasteiger charge is -2.07. The Hall–Kier alpha value is -3.39. The van der Waals surface area contributed by atoms with Crippen LogP contribution in [0.25, 0.3) is 6.08 Å². The summed E-state index contributed by atoms with van der Waals surface area (Å²) < 4.78 is 4.63. The Morgan fingerprint density at radius 1 is 1.08 bits per heavy atom. The Kier molecular flexibility index (Phi) is 5.70. The zero-order valence-corrected chi connectivity index (χ0v) is 14.3. The minimum atomic E-state index is -0.484. The maximum Gasteiger partial charge on any atom is 0.337 e. The third-order valence-corrected chi connectivity index (χ3v) is 3.77. The molecular weight excluding hydrogens is 316 g/mol. The molecule has 5 heteroatoms. The van der Waals surface area contributed by atoms with E-state index < -0.39 is 11.9 Å². The van der Waals surface area contributed by atoms with E-state index in [9.17, 15) is 14.9 Å². The van der Waals surface area contributed by atoms with E-state index in [1.165, 1.54) is 13.2 Å². The lowest BCUT2D eigenvalue weighted by atomic mass is 10.1. The van der Waals surface area contributed by atoms with Gasteiger partial charge in [0.2, 0.25) is 0 Å². The highest BCUT2D eigenvalue weighted by Gasteiger charge is 2.10. The van der Waals surface area contributed by atoms with Crippen molar-refractivity contribution >= 4 is 23.6 Å². The van der Waals surface area contributed by atoms with Crippen LogP contribution in [0.4, 0.5) is 5.69 Å². The second-order valence-corrected chi connectivity index (χ2v) is 5.54. The van der Waals surface area contributed by atoms with Crippen molar-refractivity contribution in [1.29, 1.82) is 5.26 Å². The summed E-state index contributed by atoms with van der Waals surface area (Å²) in [6, 6.07) is 13.9. The van der Waals surface area contributed by atoms with Gasteiger partial charge in [0.1, 0.15) is 11.6 Å². The van der Waals surface area contributed by atoms with Crippen LogP contribution in [0, 0.1) is 25.2 Å². The van der Waals surface area contributed by atoms with Crippen LogP contribution < -0.4 is 5.32 Å². The summed E-state index contributed by atoms with van der Waals surface area (Å²) in [5.74, 6) is -0.925. The molecule has 2 aromatic carbocycles. The van der Waals surface area contributed by atoms with Crippen molar-refractivity contribution in [3.63, 3.8) is 0 Å². The van der Waals surface area contributed by atoms with Gasteiger partial charge in [0.05, 0.1) is 12.7 Å². The van der Waals surface area contributed by atoms with Gasteiger partial charge in [0.25, 0.3) is 5.91 Å². The number of nitrogens with one attached hydrogen (secondary N) is 1. The normalized spacial score (nSPS) is 10.7. The first-order chi connectivity index (χ1) is 11.9. The number of hydrogen-bond acceptors (Lipinski definition) is 4. The van der Waals surface area contributed by atoms with Crippen LogP contribution in [0.3, 0.4) is 0 Å². The lowest BCUT2D eigenvalue weighted by molar-refractivity contribution is -0.112. The van der Waals surface area contributed by atoms with Crippen molar-refractivity contribution in [1.82, 2.24) is 0 Å². The summed E-state index contributed by atoms with van der Waals surface area (Å²) in [7, 11) is 1.31. The molecule has 0 radical (unpaired) electrons. The number of anilines is 1. The SMILES string of the molecule is COC(=O)c1ccc(C=C(C#N)C(=O)Nc2ccc(C)c(C)c2)cc1. The summed E-state index contributed by atoms with van der Waals surface area (Å²) >= 11 is 0. The van der Waals surface area contributed by atoms with Gasteiger partial charge in [-0.05, 0) is 60.9 Å². The van der Waals surface area contributed by atoms with E-state index in [4.69, 9.17) is 0 Å². The van der Waals surface area contributed by atoms with E-state index in [-0.39, 0.29) is 5.57 Å². The minimum absolute atomic E-state index is 0.0240. The number of benzene rings is 2. The van der Waals surface area contributed by atoms with Gasteiger partial charge in [-0.3, -0.25) is 4.79 Å². The van der Waals surface area contributed by atoms with E-state index >= 15 is 0 Å². The number of hydrogen-bond donors (Lipinski definition) is 1.